The first-order chi connectivity index (χ1) is 7.84. The highest BCUT2D eigenvalue weighted by atomic mass is 35.5. The number of carbonyl (C=O) groups excluding carboxylic acids is 1. The van der Waals surface area contributed by atoms with E-state index in [4.69, 9.17) is 16.3 Å². The van der Waals surface area contributed by atoms with Crippen LogP contribution in [0.25, 0.3) is 0 Å². The number of hydrogen-bond acceptors (Lipinski definition) is 4. The SMILES string of the molecule is COc1cccc(N(CC(=O)Cl)S(C)(=O)=O)c1. The van der Waals surface area contributed by atoms with Crippen molar-refractivity contribution in [2.45, 2.75) is 0 Å². The molecule has 0 bridgehead atoms. The fraction of sp³-hybridized carbons (Fsp3) is 0.300. The summed E-state index contributed by atoms with van der Waals surface area (Å²) in [5.41, 5.74) is 0.334. The molecule has 0 radical (unpaired) electrons. The third-order valence-electron chi connectivity index (χ3n) is 2.01. The number of anilines is 1. The number of halogens is 1. The van der Waals surface area contributed by atoms with Crippen LogP contribution in [-0.4, -0.2) is 33.6 Å². The molecule has 94 valence electrons. The van der Waals surface area contributed by atoms with Gasteiger partial charge in [0, 0.05) is 6.07 Å². The van der Waals surface area contributed by atoms with Crippen LogP contribution in [0.5, 0.6) is 5.75 Å². The van der Waals surface area contributed by atoms with E-state index in [1.54, 1.807) is 18.2 Å². The van der Waals surface area contributed by atoms with E-state index in [0.717, 1.165) is 10.6 Å². The van der Waals surface area contributed by atoms with Gasteiger partial charge in [0.05, 0.1) is 19.1 Å². The van der Waals surface area contributed by atoms with E-state index in [1.807, 2.05) is 0 Å². The highest BCUT2D eigenvalue weighted by molar-refractivity contribution is 7.92. The van der Waals surface area contributed by atoms with E-state index >= 15 is 0 Å². The highest BCUT2D eigenvalue weighted by Gasteiger charge is 2.20. The zero-order chi connectivity index (χ0) is 13.1. The Morgan fingerprint density at radius 3 is 2.59 bits per heavy atom. The second kappa shape index (κ2) is 5.37. The van der Waals surface area contributed by atoms with Crippen molar-refractivity contribution in [3.8, 4) is 5.75 Å². The normalized spacial score (nSPS) is 11.0. The predicted molar refractivity (Wildman–Crippen MR) is 66.0 cm³/mol. The minimum Gasteiger partial charge on any atom is -0.497 e. The maximum Gasteiger partial charge on any atom is 0.242 e. The van der Waals surface area contributed by atoms with Gasteiger partial charge in [-0.25, -0.2) is 8.42 Å². The van der Waals surface area contributed by atoms with E-state index in [-0.39, 0.29) is 0 Å². The smallest absolute Gasteiger partial charge is 0.242 e. The fourth-order valence-electron chi connectivity index (χ4n) is 1.28. The van der Waals surface area contributed by atoms with Gasteiger partial charge in [-0.2, -0.15) is 0 Å². The van der Waals surface area contributed by atoms with Crippen LogP contribution in [0, 0.1) is 0 Å². The predicted octanol–water partition coefficient (Wildman–Crippen LogP) is 1.23. The van der Waals surface area contributed by atoms with Crippen molar-refractivity contribution in [3.63, 3.8) is 0 Å². The molecule has 0 unspecified atom stereocenters. The summed E-state index contributed by atoms with van der Waals surface area (Å²) >= 11 is 5.23. The van der Waals surface area contributed by atoms with Crippen molar-refractivity contribution in [1.82, 2.24) is 0 Å². The Balaban J connectivity index is 3.17. The van der Waals surface area contributed by atoms with Crippen LogP contribution in [0.1, 0.15) is 0 Å². The molecule has 1 aromatic rings. The molecular formula is C10H12ClNO4S. The van der Waals surface area contributed by atoms with Crippen molar-refractivity contribution in [2.75, 3.05) is 24.2 Å². The first-order valence-corrected chi connectivity index (χ1v) is 6.87. The summed E-state index contributed by atoms with van der Waals surface area (Å²) in [6.45, 7) is -0.409. The Kier molecular flexibility index (Phi) is 4.36. The largest absolute Gasteiger partial charge is 0.497 e. The lowest BCUT2D eigenvalue weighted by molar-refractivity contribution is -0.110. The van der Waals surface area contributed by atoms with Gasteiger partial charge in [0.2, 0.25) is 15.3 Å². The molecule has 0 aliphatic heterocycles. The van der Waals surface area contributed by atoms with Gasteiger partial charge in [-0.15, -0.1) is 0 Å². The molecule has 0 saturated heterocycles. The lowest BCUT2D eigenvalue weighted by atomic mass is 10.3. The van der Waals surface area contributed by atoms with E-state index in [9.17, 15) is 13.2 Å². The standard InChI is InChI=1S/C10H12ClNO4S/c1-16-9-5-3-4-8(6-9)12(7-10(11)13)17(2,14)15/h3-6H,7H2,1-2H3. The zero-order valence-corrected chi connectivity index (χ0v) is 11.0. The molecule has 7 heteroatoms. The molecule has 0 heterocycles. The quantitative estimate of drug-likeness (QED) is 0.760. The molecule has 0 aliphatic carbocycles. The number of sulfonamides is 1. The molecule has 1 aromatic carbocycles. The molecule has 0 N–H and O–H groups in total. The Hall–Kier alpha value is -1.27. The van der Waals surface area contributed by atoms with Gasteiger partial charge in [-0.3, -0.25) is 9.10 Å². The summed E-state index contributed by atoms with van der Waals surface area (Å²) in [6.07, 6.45) is 1.01. The molecule has 0 aliphatic rings. The van der Waals surface area contributed by atoms with Crippen LogP contribution >= 0.6 is 11.6 Å². The van der Waals surface area contributed by atoms with E-state index in [2.05, 4.69) is 0 Å². The Morgan fingerprint density at radius 2 is 2.12 bits per heavy atom. The van der Waals surface area contributed by atoms with Crippen LogP contribution in [0.3, 0.4) is 0 Å². The van der Waals surface area contributed by atoms with Crippen LogP contribution < -0.4 is 9.04 Å². The number of benzene rings is 1. The van der Waals surface area contributed by atoms with Crippen LogP contribution in [0.2, 0.25) is 0 Å². The summed E-state index contributed by atoms with van der Waals surface area (Å²) in [7, 11) is -2.10. The summed E-state index contributed by atoms with van der Waals surface area (Å²) in [6, 6.07) is 6.38. The molecule has 5 nitrogen and oxygen atoms in total. The minimum absolute atomic E-state index is 0.334. The average molecular weight is 278 g/mol. The first kappa shape index (κ1) is 13.8. The second-order valence-corrected chi connectivity index (χ2v) is 5.65. The van der Waals surface area contributed by atoms with Crippen LogP contribution in [-0.2, 0) is 14.8 Å². The van der Waals surface area contributed by atoms with Gasteiger partial charge in [0.15, 0.2) is 0 Å². The first-order valence-electron chi connectivity index (χ1n) is 4.64. The van der Waals surface area contributed by atoms with Gasteiger partial charge in [0.25, 0.3) is 0 Å². The van der Waals surface area contributed by atoms with Crippen molar-refractivity contribution < 1.29 is 17.9 Å². The number of rotatable bonds is 5. The van der Waals surface area contributed by atoms with Gasteiger partial charge < -0.3 is 4.74 Å². The van der Waals surface area contributed by atoms with Crippen molar-refractivity contribution in [1.29, 1.82) is 0 Å². The second-order valence-electron chi connectivity index (χ2n) is 3.33. The van der Waals surface area contributed by atoms with E-state index in [0.29, 0.717) is 11.4 Å². The lowest BCUT2D eigenvalue weighted by Gasteiger charge is -2.20. The van der Waals surface area contributed by atoms with Crippen LogP contribution in [0.15, 0.2) is 24.3 Å². The van der Waals surface area contributed by atoms with E-state index < -0.39 is 21.8 Å². The number of hydrogen-bond donors (Lipinski definition) is 0. The third-order valence-corrected chi connectivity index (χ3v) is 3.27. The summed E-state index contributed by atoms with van der Waals surface area (Å²) < 4.78 is 29.0. The van der Waals surface area contributed by atoms with Crippen molar-refractivity contribution in [3.05, 3.63) is 24.3 Å². The maximum atomic E-state index is 11.5. The third kappa shape index (κ3) is 3.90. The molecule has 0 spiro atoms. The van der Waals surface area contributed by atoms with Crippen LogP contribution in [0.4, 0.5) is 5.69 Å². The lowest BCUT2D eigenvalue weighted by Crippen LogP contribution is -2.33. The summed E-state index contributed by atoms with van der Waals surface area (Å²) in [5.74, 6) is 0.498. The monoisotopic (exact) mass is 277 g/mol. The van der Waals surface area contributed by atoms with Gasteiger partial charge >= 0.3 is 0 Å². The molecule has 0 atom stereocenters. The average Bonchev–Trinajstić information content (AvgIpc) is 2.24. The fourth-order valence-corrected chi connectivity index (χ4v) is 2.32. The Bertz CT molecular complexity index is 515. The Labute approximate surface area is 105 Å². The summed E-state index contributed by atoms with van der Waals surface area (Å²) in [5, 5.41) is -0.752. The molecule has 1 rings (SSSR count). The van der Waals surface area contributed by atoms with E-state index in [1.165, 1.54) is 13.2 Å². The molecule has 0 aromatic heterocycles. The molecule has 17 heavy (non-hydrogen) atoms. The van der Waals surface area contributed by atoms with Crippen molar-refractivity contribution in [2.24, 2.45) is 0 Å². The molecule has 0 fully saturated rings. The molecule has 0 saturated carbocycles. The Morgan fingerprint density at radius 1 is 1.47 bits per heavy atom. The minimum atomic E-state index is -3.57. The topological polar surface area (TPSA) is 63.7 Å². The van der Waals surface area contributed by atoms with Gasteiger partial charge in [-0.05, 0) is 23.7 Å². The molecule has 0 amide bonds. The number of nitrogens with zero attached hydrogens (tertiary/aromatic N) is 1. The number of ether oxygens (including phenoxy) is 1. The number of carbonyl (C=O) groups is 1. The maximum absolute atomic E-state index is 11.5. The van der Waals surface area contributed by atoms with Crippen molar-refractivity contribution >= 4 is 32.6 Å². The highest BCUT2D eigenvalue weighted by Crippen LogP contribution is 2.22. The summed E-state index contributed by atoms with van der Waals surface area (Å²) in [4.78, 5) is 10.9. The number of methoxy groups -OCH3 is 1. The molecular weight excluding hydrogens is 266 g/mol. The van der Waals surface area contributed by atoms with Gasteiger partial charge in [0.1, 0.15) is 12.3 Å². The zero-order valence-electron chi connectivity index (χ0n) is 9.38. The van der Waals surface area contributed by atoms with Gasteiger partial charge in [-0.1, -0.05) is 6.07 Å².